The van der Waals surface area contributed by atoms with Crippen LogP contribution in [0.3, 0.4) is 0 Å². The van der Waals surface area contributed by atoms with Gasteiger partial charge in [0.05, 0.1) is 5.71 Å². The highest BCUT2D eigenvalue weighted by Crippen LogP contribution is 2.14. The van der Waals surface area contributed by atoms with E-state index in [-0.39, 0.29) is 0 Å². The smallest absolute Gasteiger partial charge is 0.0570 e. The second-order valence-electron chi connectivity index (χ2n) is 8.53. The number of hydrogen-bond donors (Lipinski definition) is 1. The Labute approximate surface area is 171 Å². The van der Waals surface area contributed by atoms with Gasteiger partial charge in [0.25, 0.3) is 0 Å². The Morgan fingerprint density at radius 2 is 0.704 bits per heavy atom. The van der Waals surface area contributed by atoms with Crippen LogP contribution in [-0.4, -0.2) is 10.9 Å². The van der Waals surface area contributed by atoms with Gasteiger partial charge in [0.15, 0.2) is 0 Å². The van der Waals surface area contributed by atoms with Crippen molar-refractivity contribution < 1.29 is 5.21 Å². The lowest BCUT2D eigenvalue weighted by molar-refractivity contribution is 0.315. The van der Waals surface area contributed by atoms with Crippen molar-refractivity contribution in [1.29, 1.82) is 0 Å². The highest BCUT2D eigenvalue weighted by atomic mass is 16.4. The normalized spacial score (nSPS) is 11.0. The fourth-order valence-electron chi connectivity index (χ4n) is 3.86. The number of rotatable bonds is 22. The predicted octanol–water partition coefficient (Wildman–Crippen LogP) is 9.44. The summed E-state index contributed by atoms with van der Waals surface area (Å²) in [5.41, 5.74) is 1.04. The minimum absolute atomic E-state index is 1.00. The maximum absolute atomic E-state index is 9.20. The topological polar surface area (TPSA) is 32.6 Å². The molecule has 2 nitrogen and oxygen atoms in total. The average molecular weight is 382 g/mol. The summed E-state index contributed by atoms with van der Waals surface area (Å²) in [7, 11) is 0. The van der Waals surface area contributed by atoms with Crippen LogP contribution in [-0.2, 0) is 0 Å². The van der Waals surface area contributed by atoms with Gasteiger partial charge in [-0.15, -0.1) is 0 Å². The molecule has 0 aliphatic rings. The van der Waals surface area contributed by atoms with Crippen LogP contribution in [0.1, 0.15) is 155 Å². The van der Waals surface area contributed by atoms with Gasteiger partial charge in [-0.05, 0) is 25.7 Å². The predicted molar refractivity (Wildman–Crippen MR) is 122 cm³/mol. The summed E-state index contributed by atoms with van der Waals surface area (Å²) in [6.45, 7) is 4.56. The molecule has 0 aromatic rings. The quantitative estimate of drug-likeness (QED) is 0.0861. The molecule has 0 bridgehead atoms. The van der Waals surface area contributed by atoms with E-state index in [2.05, 4.69) is 19.0 Å². The van der Waals surface area contributed by atoms with E-state index in [9.17, 15) is 5.21 Å². The minimum Gasteiger partial charge on any atom is -0.411 e. The van der Waals surface area contributed by atoms with Crippen molar-refractivity contribution in [2.45, 2.75) is 155 Å². The van der Waals surface area contributed by atoms with Gasteiger partial charge in [0.1, 0.15) is 0 Å². The van der Waals surface area contributed by atoms with Crippen LogP contribution in [0, 0.1) is 0 Å². The van der Waals surface area contributed by atoms with Gasteiger partial charge in [-0.1, -0.05) is 135 Å². The third-order valence-electron chi connectivity index (χ3n) is 5.78. The fraction of sp³-hybridized carbons (Fsp3) is 0.960. The first kappa shape index (κ1) is 26.5. The molecule has 2 heteroatoms. The van der Waals surface area contributed by atoms with E-state index in [4.69, 9.17) is 0 Å². The van der Waals surface area contributed by atoms with Crippen LogP contribution in [0.5, 0.6) is 0 Å². The molecule has 0 aliphatic carbocycles. The van der Waals surface area contributed by atoms with Crippen molar-refractivity contribution in [3.05, 3.63) is 0 Å². The van der Waals surface area contributed by atoms with Crippen molar-refractivity contribution >= 4 is 5.71 Å². The zero-order chi connectivity index (χ0) is 19.8. The maximum Gasteiger partial charge on any atom is 0.0570 e. The van der Waals surface area contributed by atoms with Gasteiger partial charge in [0, 0.05) is 0 Å². The Morgan fingerprint density at radius 1 is 0.444 bits per heavy atom. The molecule has 0 spiro atoms. The summed E-state index contributed by atoms with van der Waals surface area (Å²) in [5.74, 6) is 0. The third kappa shape index (κ3) is 21.6. The second kappa shape index (κ2) is 23.5. The molecule has 0 aliphatic heterocycles. The van der Waals surface area contributed by atoms with Crippen LogP contribution < -0.4 is 0 Å². The van der Waals surface area contributed by atoms with Crippen LogP contribution in [0.25, 0.3) is 0 Å². The van der Waals surface area contributed by atoms with Gasteiger partial charge < -0.3 is 5.21 Å². The molecule has 27 heavy (non-hydrogen) atoms. The molecule has 0 radical (unpaired) electrons. The van der Waals surface area contributed by atoms with Gasteiger partial charge in [-0.2, -0.15) is 0 Å². The van der Waals surface area contributed by atoms with Gasteiger partial charge in [-0.3, -0.25) is 0 Å². The minimum atomic E-state index is 1.00. The zero-order valence-corrected chi connectivity index (χ0v) is 19.0. The summed E-state index contributed by atoms with van der Waals surface area (Å²) >= 11 is 0. The Balaban J connectivity index is 3.31. The second-order valence-corrected chi connectivity index (χ2v) is 8.53. The molecule has 0 atom stereocenters. The first-order valence-corrected chi connectivity index (χ1v) is 12.5. The van der Waals surface area contributed by atoms with E-state index in [0.29, 0.717) is 0 Å². The largest absolute Gasteiger partial charge is 0.411 e. The lowest BCUT2D eigenvalue weighted by Crippen LogP contribution is -1.99. The Morgan fingerprint density at radius 3 is 0.963 bits per heavy atom. The van der Waals surface area contributed by atoms with Crippen molar-refractivity contribution in [3.63, 3.8) is 0 Å². The average Bonchev–Trinajstić information content (AvgIpc) is 2.69. The van der Waals surface area contributed by atoms with E-state index in [0.717, 1.165) is 18.6 Å². The first-order valence-electron chi connectivity index (χ1n) is 12.5. The molecule has 0 aromatic heterocycles. The molecule has 0 rings (SSSR count). The summed E-state index contributed by atoms with van der Waals surface area (Å²) in [6, 6.07) is 0. The van der Waals surface area contributed by atoms with E-state index in [1.807, 2.05) is 0 Å². The Kier molecular flexibility index (Phi) is 23.0. The standard InChI is InChI=1S/C25H51NO/c1-3-5-7-9-11-13-15-17-19-21-23-25(26-27)24-22-20-18-16-14-12-10-8-6-4-2/h27H,3-24H2,1-2H3. The van der Waals surface area contributed by atoms with Gasteiger partial charge in [0.2, 0.25) is 0 Å². The maximum atomic E-state index is 9.20. The molecule has 0 fully saturated rings. The molecule has 0 amide bonds. The summed E-state index contributed by atoms with van der Waals surface area (Å²) in [4.78, 5) is 0. The highest BCUT2D eigenvalue weighted by Gasteiger charge is 2.01. The molecule has 0 saturated carbocycles. The first-order chi connectivity index (χ1) is 13.3. The summed E-state index contributed by atoms with van der Waals surface area (Å²) in [5, 5.41) is 12.8. The summed E-state index contributed by atoms with van der Waals surface area (Å²) < 4.78 is 0. The van der Waals surface area contributed by atoms with E-state index in [1.165, 1.54) is 128 Å². The lowest BCUT2D eigenvalue weighted by Gasteiger charge is -2.06. The van der Waals surface area contributed by atoms with Crippen LogP contribution >= 0.6 is 0 Å². The van der Waals surface area contributed by atoms with Crippen molar-refractivity contribution in [2.24, 2.45) is 5.16 Å². The number of unbranched alkanes of at least 4 members (excludes halogenated alkanes) is 18. The van der Waals surface area contributed by atoms with E-state index < -0.39 is 0 Å². The molecular weight excluding hydrogens is 330 g/mol. The molecular formula is C25H51NO. The monoisotopic (exact) mass is 381 g/mol. The van der Waals surface area contributed by atoms with Gasteiger partial charge in [-0.25, -0.2) is 0 Å². The third-order valence-corrected chi connectivity index (χ3v) is 5.78. The Hall–Kier alpha value is -0.530. The molecule has 0 unspecified atom stereocenters. The van der Waals surface area contributed by atoms with E-state index in [1.54, 1.807) is 0 Å². The molecule has 162 valence electrons. The number of nitrogens with zero attached hydrogens (tertiary/aromatic N) is 1. The number of hydrogen-bond acceptors (Lipinski definition) is 2. The van der Waals surface area contributed by atoms with Crippen molar-refractivity contribution in [2.75, 3.05) is 0 Å². The van der Waals surface area contributed by atoms with Crippen LogP contribution in [0.15, 0.2) is 5.16 Å². The SMILES string of the molecule is CCCCCCCCCCCCC(CCCCCCCCCCCC)=NO. The molecule has 0 aromatic carbocycles. The van der Waals surface area contributed by atoms with Crippen LogP contribution in [0.4, 0.5) is 0 Å². The summed E-state index contributed by atoms with van der Waals surface area (Å²) in [6.07, 6.45) is 29.3. The van der Waals surface area contributed by atoms with E-state index >= 15 is 0 Å². The number of oxime groups is 1. The van der Waals surface area contributed by atoms with Crippen LogP contribution in [0.2, 0.25) is 0 Å². The van der Waals surface area contributed by atoms with Crippen molar-refractivity contribution in [3.8, 4) is 0 Å². The molecule has 1 N–H and O–H groups in total. The lowest BCUT2D eigenvalue weighted by atomic mass is 10.0. The Bertz CT molecular complexity index is 275. The molecule has 0 heterocycles. The molecule has 0 saturated heterocycles. The van der Waals surface area contributed by atoms with Gasteiger partial charge >= 0.3 is 0 Å². The zero-order valence-electron chi connectivity index (χ0n) is 19.0. The highest BCUT2D eigenvalue weighted by molar-refractivity contribution is 5.83. The van der Waals surface area contributed by atoms with Crippen molar-refractivity contribution in [1.82, 2.24) is 0 Å². The fourth-order valence-corrected chi connectivity index (χ4v) is 3.86.